The number of para-hydroxylation sites is 1. The fourth-order valence-corrected chi connectivity index (χ4v) is 3.90. The molecule has 0 amide bonds. The fraction of sp³-hybridized carbons (Fsp3) is 0.625. The highest BCUT2D eigenvalue weighted by Gasteiger charge is 2.46. The summed E-state index contributed by atoms with van der Waals surface area (Å²) in [7, 11) is 1.56. The van der Waals surface area contributed by atoms with E-state index in [-0.39, 0.29) is 17.7 Å². The molecule has 0 spiro atoms. The molecule has 1 heterocycles. The van der Waals surface area contributed by atoms with Crippen molar-refractivity contribution in [3.8, 4) is 11.5 Å². The zero-order valence-electron chi connectivity index (χ0n) is 11.9. The summed E-state index contributed by atoms with van der Waals surface area (Å²) in [4.78, 5) is 0. The maximum atomic E-state index is 10.9. The van der Waals surface area contributed by atoms with Gasteiger partial charge in [-0.1, -0.05) is 25.0 Å². The minimum Gasteiger partial charge on any atom is -0.504 e. The van der Waals surface area contributed by atoms with Gasteiger partial charge in [0.25, 0.3) is 0 Å². The molecule has 4 nitrogen and oxygen atoms in total. The first-order valence-electron chi connectivity index (χ1n) is 7.47. The van der Waals surface area contributed by atoms with Crippen molar-refractivity contribution in [3.05, 3.63) is 23.8 Å². The van der Waals surface area contributed by atoms with Crippen LogP contribution in [0.3, 0.4) is 0 Å². The van der Waals surface area contributed by atoms with Crippen molar-refractivity contribution in [2.24, 2.45) is 5.92 Å². The number of nitrogens with one attached hydrogen (secondary N) is 1. The number of methoxy groups -OCH3 is 1. The molecule has 2 fully saturated rings. The highest BCUT2D eigenvalue weighted by Crippen LogP contribution is 2.48. The van der Waals surface area contributed by atoms with Crippen LogP contribution in [0.4, 0.5) is 0 Å². The van der Waals surface area contributed by atoms with E-state index in [9.17, 15) is 10.2 Å². The van der Waals surface area contributed by atoms with Gasteiger partial charge in [-0.15, -0.1) is 0 Å². The summed E-state index contributed by atoms with van der Waals surface area (Å²) in [5, 5.41) is 24.7. The Balaban J connectivity index is 1.96. The third-order valence-corrected chi connectivity index (χ3v) is 4.97. The van der Waals surface area contributed by atoms with Crippen LogP contribution >= 0.6 is 0 Å². The first kappa shape index (κ1) is 13.7. The van der Waals surface area contributed by atoms with Crippen molar-refractivity contribution < 1.29 is 14.9 Å². The number of ether oxygens (including phenoxy) is 1. The normalized spacial score (nSPS) is 33.5. The summed E-state index contributed by atoms with van der Waals surface area (Å²) < 4.78 is 5.20. The van der Waals surface area contributed by atoms with E-state index in [1.54, 1.807) is 13.2 Å². The lowest BCUT2D eigenvalue weighted by atomic mass is 9.66. The summed E-state index contributed by atoms with van der Waals surface area (Å²) in [6.07, 6.45) is 4.93. The second-order valence-corrected chi connectivity index (χ2v) is 6.04. The third kappa shape index (κ3) is 2.17. The van der Waals surface area contributed by atoms with E-state index in [0.29, 0.717) is 5.75 Å². The van der Waals surface area contributed by atoms with Crippen molar-refractivity contribution in [2.75, 3.05) is 13.7 Å². The Bertz CT molecular complexity index is 487. The van der Waals surface area contributed by atoms with E-state index in [2.05, 4.69) is 5.32 Å². The minimum atomic E-state index is -0.580. The lowest BCUT2D eigenvalue weighted by molar-refractivity contribution is -0.0863. The number of piperidine rings is 1. The van der Waals surface area contributed by atoms with Gasteiger partial charge in [0.15, 0.2) is 11.5 Å². The molecule has 3 rings (SSSR count). The second-order valence-electron chi connectivity index (χ2n) is 6.04. The topological polar surface area (TPSA) is 61.7 Å². The molecule has 4 heteroatoms. The smallest absolute Gasteiger partial charge is 0.162 e. The number of hydrogen-bond donors (Lipinski definition) is 3. The zero-order chi connectivity index (χ0) is 14.2. The van der Waals surface area contributed by atoms with Gasteiger partial charge in [0, 0.05) is 17.5 Å². The predicted molar refractivity (Wildman–Crippen MR) is 76.9 cm³/mol. The molecule has 0 bridgehead atoms. The van der Waals surface area contributed by atoms with Crippen LogP contribution in [-0.2, 0) is 0 Å². The van der Waals surface area contributed by atoms with Crippen molar-refractivity contribution in [1.29, 1.82) is 0 Å². The van der Waals surface area contributed by atoms with E-state index in [1.807, 2.05) is 12.1 Å². The molecule has 0 aromatic heterocycles. The van der Waals surface area contributed by atoms with E-state index >= 15 is 0 Å². The van der Waals surface area contributed by atoms with Crippen LogP contribution in [0.5, 0.6) is 11.5 Å². The van der Waals surface area contributed by atoms with Crippen LogP contribution in [0.25, 0.3) is 0 Å². The van der Waals surface area contributed by atoms with Gasteiger partial charge in [0.2, 0.25) is 0 Å². The van der Waals surface area contributed by atoms with Crippen LogP contribution in [0.1, 0.15) is 43.7 Å². The molecule has 1 aromatic carbocycles. The van der Waals surface area contributed by atoms with Crippen molar-refractivity contribution in [1.82, 2.24) is 5.32 Å². The molecular weight excluding hydrogens is 254 g/mol. The molecule has 1 saturated heterocycles. The third-order valence-electron chi connectivity index (χ3n) is 4.97. The fourth-order valence-electron chi connectivity index (χ4n) is 3.90. The SMILES string of the molecule is COc1cccc([C@@H]2NCC[C@@]3(O)CCCC[C@H]23)c1O. The number of hydrogen-bond acceptors (Lipinski definition) is 4. The predicted octanol–water partition coefficient (Wildman–Crippen LogP) is 2.36. The first-order valence-corrected chi connectivity index (χ1v) is 7.47. The van der Waals surface area contributed by atoms with Gasteiger partial charge in [-0.25, -0.2) is 0 Å². The standard InChI is InChI=1S/C16H23NO3/c1-20-13-7-4-5-11(15(13)18)14-12-6-2-3-8-16(12,19)9-10-17-14/h4-5,7,12,14,17-19H,2-3,6,8-10H2,1H3/t12-,14+,16+/m1/s1. The zero-order valence-corrected chi connectivity index (χ0v) is 11.9. The average Bonchev–Trinajstić information content (AvgIpc) is 2.46. The van der Waals surface area contributed by atoms with Crippen LogP contribution < -0.4 is 10.1 Å². The molecule has 1 aromatic rings. The molecule has 1 saturated carbocycles. The molecule has 20 heavy (non-hydrogen) atoms. The minimum absolute atomic E-state index is 0.00384. The summed E-state index contributed by atoms with van der Waals surface area (Å²) in [6, 6.07) is 5.58. The highest BCUT2D eigenvalue weighted by atomic mass is 16.5. The summed E-state index contributed by atoms with van der Waals surface area (Å²) in [6.45, 7) is 0.786. The van der Waals surface area contributed by atoms with E-state index in [1.165, 1.54) is 0 Å². The van der Waals surface area contributed by atoms with Gasteiger partial charge in [-0.2, -0.15) is 0 Å². The molecule has 2 aliphatic rings. The summed E-state index contributed by atoms with van der Waals surface area (Å²) >= 11 is 0. The van der Waals surface area contributed by atoms with Crippen LogP contribution in [0.15, 0.2) is 18.2 Å². The quantitative estimate of drug-likeness (QED) is 0.776. The Morgan fingerprint density at radius 2 is 2.15 bits per heavy atom. The van der Waals surface area contributed by atoms with Gasteiger partial charge in [0.05, 0.1) is 12.7 Å². The largest absolute Gasteiger partial charge is 0.504 e. The highest BCUT2D eigenvalue weighted by molar-refractivity contribution is 5.47. The van der Waals surface area contributed by atoms with Gasteiger partial charge < -0.3 is 20.3 Å². The van der Waals surface area contributed by atoms with Gasteiger partial charge in [-0.05, 0) is 31.9 Å². The van der Waals surface area contributed by atoms with E-state index in [4.69, 9.17) is 4.74 Å². The molecular formula is C16H23NO3. The maximum Gasteiger partial charge on any atom is 0.162 e. The molecule has 0 radical (unpaired) electrons. The monoisotopic (exact) mass is 277 g/mol. The van der Waals surface area contributed by atoms with Crippen molar-refractivity contribution in [3.63, 3.8) is 0 Å². The molecule has 110 valence electrons. The number of phenols is 1. The average molecular weight is 277 g/mol. The lowest BCUT2D eigenvalue weighted by Gasteiger charge is -2.48. The Morgan fingerprint density at radius 1 is 1.30 bits per heavy atom. The molecule has 1 aliphatic heterocycles. The van der Waals surface area contributed by atoms with E-state index in [0.717, 1.165) is 44.2 Å². The van der Waals surface area contributed by atoms with Gasteiger partial charge in [-0.3, -0.25) is 0 Å². The van der Waals surface area contributed by atoms with Crippen LogP contribution in [-0.4, -0.2) is 29.5 Å². The Kier molecular flexibility index (Phi) is 3.61. The Morgan fingerprint density at radius 3 is 2.95 bits per heavy atom. The Hall–Kier alpha value is -1.26. The summed E-state index contributed by atoms with van der Waals surface area (Å²) in [5.41, 5.74) is 0.262. The Labute approximate surface area is 119 Å². The maximum absolute atomic E-state index is 10.9. The lowest BCUT2D eigenvalue weighted by Crippen LogP contribution is -2.53. The van der Waals surface area contributed by atoms with Gasteiger partial charge >= 0.3 is 0 Å². The second kappa shape index (κ2) is 5.26. The van der Waals surface area contributed by atoms with Crippen molar-refractivity contribution >= 4 is 0 Å². The molecule has 0 unspecified atom stereocenters. The number of rotatable bonds is 2. The molecule has 3 N–H and O–H groups in total. The summed E-state index contributed by atoms with van der Waals surface area (Å²) in [5.74, 6) is 0.861. The van der Waals surface area contributed by atoms with E-state index < -0.39 is 5.60 Å². The van der Waals surface area contributed by atoms with Crippen molar-refractivity contribution in [2.45, 2.75) is 43.7 Å². The number of fused-ring (bicyclic) bond motifs is 1. The molecule has 3 atom stereocenters. The number of aromatic hydroxyl groups is 1. The van der Waals surface area contributed by atoms with Gasteiger partial charge in [0.1, 0.15) is 0 Å². The first-order chi connectivity index (χ1) is 9.65. The number of phenolic OH excluding ortho intramolecular Hbond substituents is 1. The van der Waals surface area contributed by atoms with Crippen LogP contribution in [0.2, 0.25) is 0 Å². The molecule has 1 aliphatic carbocycles. The number of aliphatic hydroxyl groups is 1. The van der Waals surface area contributed by atoms with Crippen LogP contribution in [0, 0.1) is 5.92 Å². The number of benzene rings is 1.